The Morgan fingerprint density at radius 3 is 2.50 bits per heavy atom. The monoisotopic (exact) mass is 281 g/mol. The zero-order chi connectivity index (χ0) is 11.1. The van der Waals surface area contributed by atoms with Gasteiger partial charge in [-0.1, -0.05) is 49.0 Å². The molecule has 0 spiro atoms. The largest absolute Gasteiger partial charge is 0.313 e. The molecule has 1 N–H and O–H groups in total. The molecule has 0 saturated heterocycles. The first-order valence-electron chi connectivity index (χ1n) is 5.38. The zero-order valence-electron chi connectivity index (χ0n) is 9.43. The van der Waals surface area contributed by atoms with Crippen LogP contribution in [0.1, 0.15) is 31.7 Å². The highest BCUT2D eigenvalue weighted by molar-refractivity contribution is 6.42. The van der Waals surface area contributed by atoms with Crippen molar-refractivity contribution in [3.8, 4) is 0 Å². The van der Waals surface area contributed by atoms with Crippen LogP contribution < -0.4 is 5.32 Å². The lowest BCUT2D eigenvalue weighted by molar-refractivity contribution is 0.617. The molecule has 0 radical (unpaired) electrons. The lowest BCUT2D eigenvalue weighted by Gasteiger charge is -2.05. The minimum absolute atomic E-state index is 0. The van der Waals surface area contributed by atoms with Crippen molar-refractivity contribution >= 4 is 35.6 Å². The second kappa shape index (κ2) is 9.12. The summed E-state index contributed by atoms with van der Waals surface area (Å²) in [5, 5.41) is 4.63. The second-order valence-corrected chi connectivity index (χ2v) is 4.45. The molecule has 4 heteroatoms. The highest BCUT2D eigenvalue weighted by Gasteiger charge is 1.98. The van der Waals surface area contributed by atoms with E-state index >= 15 is 0 Å². The number of unbranched alkanes of at least 4 members (excludes halogenated alkanes) is 2. The Morgan fingerprint density at radius 1 is 1.12 bits per heavy atom. The van der Waals surface area contributed by atoms with E-state index < -0.39 is 0 Å². The van der Waals surface area contributed by atoms with Gasteiger partial charge in [-0.15, -0.1) is 12.4 Å². The Balaban J connectivity index is 0.00000225. The van der Waals surface area contributed by atoms with Gasteiger partial charge in [0.25, 0.3) is 0 Å². The van der Waals surface area contributed by atoms with Crippen molar-refractivity contribution in [2.45, 2.75) is 32.7 Å². The zero-order valence-corrected chi connectivity index (χ0v) is 11.8. The van der Waals surface area contributed by atoms with E-state index in [4.69, 9.17) is 23.2 Å². The summed E-state index contributed by atoms with van der Waals surface area (Å²) in [5.74, 6) is 0. The third kappa shape index (κ3) is 5.95. The summed E-state index contributed by atoms with van der Waals surface area (Å²) in [6.45, 7) is 4.13. The van der Waals surface area contributed by atoms with Crippen molar-refractivity contribution in [3.05, 3.63) is 33.8 Å². The van der Waals surface area contributed by atoms with Gasteiger partial charge < -0.3 is 5.32 Å². The number of halogens is 3. The molecule has 1 rings (SSSR count). The standard InChI is InChI=1S/C12H17Cl2N.ClH/c1-2-3-4-7-15-9-10-5-6-11(13)12(14)8-10;/h5-6,8,15H,2-4,7,9H2,1H3;1H. The molecule has 0 atom stereocenters. The minimum Gasteiger partial charge on any atom is -0.313 e. The highest BCUT2D eigenvalue weighted by atomic mass is 35.5. The molecule has 1 nitrogen and oxygen atoms in total. The van der Waals surface area contributed by atoms with Gasteiger partial charge in [0, 0.05) is 6.54 Å². The van der Waals surface area contributed by atoms with Crippen LogP contribution in [0.4, 0.5) is 0 Å². The Labute approximate surface area is 114 Å². The molecule has 0 amide bonds. The summed E-state index contributed by atoms with van der Waals surface area (Å²) in [6, 6.07) is 5.75. The smallest absolute Gasteiger partial charge is 0.0595 e. The quantitative estimate of drug-likeness (QED) is 0.746. The van der Waals surface area contributed by atoms with Crippen LogP contribution in [0, 0.1) is 0 Å². The minimum atomic E-state index is 0. The third-order valence-electron chi connectivity index (χ3n) is 2.27. The van der Waals surface area contributed by atoms with Gasteiger partial charge in [0.1, 0.15) is 0 Å². The SMILES string of the molecule is CCCCCNCc1ccc(Cl)c(Cl)c1.Cl. The Bertz CT molecular complexity index is 302. The number of rotatable bonds is 6. The summed E-state index contributed by atoms with van der Waals surface area (Å²) < 4.78 is 0. The van der Waals surface area contributed by atoms with Gasteiger partial charge in [-0.2, -0.15) is 0 Å². The maximum atomic E-state index is 5.92. The van der Waals surface area contributed by atoms with Crippen LogP contribution >= 0.6 is 35.6 Å². The lowest BCUT2D eigenvalue weighted by Crippen LogP contribution is -2.14. The normalized spacial score (nSPS) is 9.94. The molecule has 0 saturated carbocycles. The number of hydrogen-bond donors (Lipinski definition) is 1. The van der Waals surface area contributed by atoms with Gasteiger partial charge in [-0.25, -0.2) is 0 Å². The van der Waals surface area contributed by atoms with Gasteiger partial charge in [0.05, 0.1) is 10.0 Å². The molecule has 0 heterocycles. The van der Waals surface area contributed by atoms with Crippen molar-refractivity contribution < 1.29 is 0 Å². The molecule has 0 aliphatic heterocycles. The molecule has 0 aromatic heterocycles. The van der Waals surface area contributed by atoms with Gasteiger partial charge in [-0.05, 0) is 30.7 Å². The topological polar surface area (TPSA) is 12.0 Å². The van der Waals surface area contributed by atoms with Gasteiger partial charge in [-0.3, -0.25) is 0 Å². The van der Waals surface area contributed by atoms with Crippen molar-refractivity contribution in [2.24, 2.45) is 0 Å². The van der Waals surface area contributed by atoms with Crippen LogP contribution in [0.15, 0.2) is 18.2 Å². The van der Waals surface area contributed by atoms with Crippen molar-refractivity contribution in [1.29, 1.82) is 0 Å². The maximum absolute atomic E-state index is 5.92. The fraction of sp³-hybridized carbons (Fsp3) is 0.500. The van der Waals surface area contributed by atoms with Gasteiger partial charge in [0.2, 0.25) is 0 Å². The first-order chi connectivity index (χ1) is 7.24. The molecule has 1 aromatic rings. The first kappa shape index (κ1) is 16.1. The summed E-state index contributed by atoms with van der Waals surface area (Å²) in [6.07, 6.45) is 3.78. The van der Waals surface area contributed by atoms with Gasteiger partial charge >= 0.3 is 0 Å². The Kier molecular flexibility index (Phi) is 9.15. The maximum Gasteiger partial charge on any atom is 0.0595 e. The Hall–Kier alpha value is 0.0500. The van der Waals surface area contributed by atoms with Crippen LogP contribution in [0.5, 0.6) is 0 Å². The molecule has 0 fully saturated rings. The van der Waals surface area contributed by atoms with E-state index in [0.717, 1.165) is 13.1 Å². The fourth-order valence-electron chi connectivity index (χ4n) is 1.38. The molecule has 0 aliphatic rings. The van der Waals surface area contributed by atoms with E-state index in [9.17, 15) is 0 Å². The molecule has 16 heavy (non-hydrogen) atoms. The highest BCUT2D eigenvalue weighted by Crippen LogP contribution is 2.22. The average molecular weight is 283 g/mol. The molecular weight excluding hydrogens is 264 g/mol. The summed E-state index contributed by atoms with van der Waals surface area (Å²) >= 11 is 11.7. The van der Waals surface area contributed by atoms with E-state index in [2.05, 4.69) is 12.2 Å². The molecule has 0 bridgehead atoms. The second-order valence-electron chi connectivity index (χ2n) is 3.63. The van der Waals surface area contributed by atoms with Crippen LogP contribution in [-0.4, -0.2) is 6.54 Å². The number of benzene rings is 1. The lowest BCUT2D eigenvalue weighted by atomic mass is 10.2. The van der Waals surface area contributed by atoms with Crippen molar-refractivity contribution in [1.82, 2.24) is 5.32 Å². The molecular formula is C12H18Cl3N. The number of nitrogens with one attached hydrogen (secondary N) is 1. The number of hydrogen-bond acceptors (Lipinski definition) is 1. The van der Waals surface area contributed by atoms with E-state index in [1.807, 2.05) is 18.2 Å². The molecule has 1 aromatic carbocycles. The molecule has 0 unspecified atom stereocenters. The van der Waals surface area contributed by atoms with Gasteiger partial charge in [0.15, 0.2) is 0 Å². The van der Waals surface area contributed by atoms with E-state index in [1.54, 1.807) is 0 Å². The van der Waals surface area contributed by atoms with Crippen LogP contribution in [0.25, 0.3) is 0 Å². The first-order valence-corrected chi connectivity index (χ1v) is 6.14. The average Bonchev–Trinajstić information content (AvgIpc) is 2.23. The van der Waals surface area contributed by atoms with Crippen LogP contribution in [-0.2, 0) is 6.54 Å². The fourth-order valence-corrected chi connectivity index (χ4v) is 1.70. The summed E-state index contributed by atoms with van der Waals surface area (Å²) in [5.41, 5.74) is 1.18. The van der Waals surface area contributed by atoms with Crippen LogP contribution in [0.3, 0.4) is 0 Å². The van der Waals surface area contributed by atoms with Crippen molar-refractivity contribution in [2.75, 3.05) is 6.54 Å². The molecule has 92 valence electrons. The predicted molar refractivity (Wildman–Crippen MR) is 74.9 cm³/mol. The van der Waals surface area contributed by atoms with E-state index in [-0.39, 0.29) is 12.4 Å². The predicted octanol–water partition coefficient (Wildman–Crippen LogP) is 4.70. The van der Waals surface area contributed by atoms with Crippen LogP contribution in [0.2, 0.25) is 10.0 Å². The Morgan fingerprint density at radius 2 is 1.88 bits per heavy atom. The third-order valence-corrected chi connectivity index (χ3v) is 3.01. The van der Waals surface area contributed by atoms with Crippen molar-refractivity contribution in [3.63, 3.8) is 0 Å². The summed E-state index contributed by atoms with van der Waals surface area (Å²) in [7, 11) is 0. The molecule has 0 aliphatic carbocycles. The van der Waals surface area contributed by atoms with E-state index in [1.165, 1.54) is 24.8 Å². The summed E-state index contributed by atoms with van der Waals surface area (Å²) in [4.78, 5) is 0. The van der Waals surface area contributed by atoms with E-state index in [0.29, 0.717) is 10.0 Å².